The highest BCUT2D eigenvalue weighted by Crippen LogP contribution is 2.25. The monoisotopic (exact) mass is 308 g/mol. The van der Waals surface area contributed by atoms with E-state index in [9.17, 15) is 13.2 Å². The Morgan fingerprint density at radius 3 is 2.94 bits per heavy atom. The Balaban J connectivity index is 2.09. The molecule has 2 heterocycles. The number of hydrogen-bond acceptors (Lipinski definition) is 4. The van der Waals surface area contributed by atoms with Crippen LogP contribution in [0.4, 0.5) is 0 Å². The minimum atomic E-state index is -3.60. The van der Waals surface area contributed by atoms with Crippen molar-refractivity contribution in [2.75, 3.05) is 12.3 Å². The van der Waals surface area contributed by atoms with Crippen molar-refractivity contribution in [3.63, 3.8) is 0 Å². The van der Waals surface area contributed by atoms with Gasteiger partial charge >= 0.3 is 0 Å². The minimum Gasteiger partial charge on any atom is -0.326 e. The second-order valence-electron chi connectivity index (χ2n) is 4.00. The molecule has 8 heteroatoms. The van der Waals surface area contributed by atoms with Crippen LogP contribution in [0.3, 0.4) is 0 Å². The first-order valence-corrected chi connectivity index (χ1v) is 8.39. The van der Waals surface area contributed by atoms with E-state index in [0.29, 0.717) is 11.8 Å². The lowest BCUT2D eigenvalue weighted by molar-refractivity contribution is 0.578. The van der Waals surface area contributed by atoms with Gasteiger partial charge in [-0.3, -0.25) is 4.79 Å². The van der Waals surface area contributed by atoms with Crippen molar-refractivity contribution in [2.45, 2.75) is 23.0 Å². The molecule has 1 aliphatic rings. The fourth-order valence-corrected chi connectivity index (χ4v) is 4.30. The number of rotatable bonds is 4. The van der Waals surface area contributed by atoms with Gasteiger partial charge in [0.25, 0.3) is 5.56 Å². The number of aromatic nitrogens is 1. The van der Waals surface area contributed by atoms with Crippen LogP contribution in [0.25, 0.3) is 0 Å². The molecule has 0 bridgehead atoms. The van der Waals surface area contributed by atoms with Gasteiger partial charge in [0, 0.05) is 18.0 Å². The minimum absolute atomic E-state index is 0.0184. The number of nitrogens with one attached hydrogen (secondary N) is 2. The van der Waals surface area contributed by atoms with Crippen LogP contribution >= 0.6 is 23.4 Å². The van der Waals surface area contributed by atoms with E-state index >= 15 is 0 Å². The Morgan fingerprint density at radius 2 is 2.33 bits per heavy atom. The fourth-order valence-electron chi connectivity index (χ4n) is 1.68. The Labute approximate surface area is 114 Å². The van der Waals surface area contributed by atoms with Crippen LogP contribution in [0.1, 0.15) is 12.8 Å². The molecule has 1 saturated heterocycles. The molecular formula is C10H13ClN2O3S2. The van der Waals surface area contributed by atoms with E-state index in [-0.39, 0.29) is 9.92 Å². The number of aromatic amines is 1. The van der Waals surface area contributed by atoms with Crippen LogP contribution in [-0.2, 0) is 10.0 Å². The van der Waals surface area contributed by atoms with Gasteiger partial charge in [-0.15, -0.1) is 0 Å². The SMILES string of the molecule is O=c1[nH]cc(S(=O)(=O)NCC2CCCS2)cc1Cl. The van der Waals surface area contributed by atoms with Crippen molar-refractivity contribution in [2.24, 2.45) is 0 Å². The van der Waals surface area contributed by atoms with Crippen molar-refractivity contribution in [1.29, 1.82) is 0 Å². The summed E-state index contributed by atoms with van der Waals surface area (Å²) in [7, 11) is -3.60. The van der Waals surface area contributed by atoms with Gasteiger partial charge in [-0.05, 0) is 24.7 Å². The number of H-pyrrole nitrogens is 1. The number of thioether (sulfide) groups is 1. The number of pyridine rings is 1. The van der Waals surface area contributed by atoms with E-state index in [1.165, 1.54) is 0 Å². The first-order valence-electron chi connectivity index (χ1n) is 5.48. The van der Waals surface area contributed by atoms with E-state index in [2.05, 4.69) is 9.71 Å². The number of sulfonamides is 1. The van der Waals surface area contributed by atoms with Crippen molar-refractivity contribution < 1.29 is 8.42 Å². The van der Waals surface area contributed by atoms with Gasteiger partial charge in [-0.2, -0.15) is 11.8 Å². The third-order valence-electron chi connectivity index (χ3n) is 2.67. The van der Waals surface area contributed by atoms with E-state index in [4.69, 9.17) is 11.6 Å². The van der Waals surface area contributed by atoms with Crippen LogP contribution in [-0.4, -0.2) is 30.9 Å². The molecule has 0 spiro atoms. The molecule has 100 valence electrons. The van der Waals surface area contributed by atoms with Crippen LogP contribution in [0.2, 0.25) is 5.02 Å². The van der Waals surface area contributed by atoms with Gasteiger partial charge in [-0.1, -0.05) is 11.6 Å². The highest BCUT2D eigenvalue weighted by molar-refractivity contribution is 8.00. The smallest absolute Gasteiger partial charge is 0.266 e. The van der Waals surface area contributed by atoms with Gasteiger partial charge in [-0.25, -0.2) is 13.1 Å². The summed E-state index contributed by atoms with van der Waals surface area (Å²) >= 11 is 7.38. The molecule has 2 rings (SSSR count). The summed E-state index contributed by atoms with van der Waals surface area (Å²) in [4.78, 5) is 13.3. The predicted octanol–water partition coefficient (Wildman–Crippen LogP) is 1.20. The largest absolute Gasteiger partial charge is 0.326 e. The summed E-state index contributed by atoms with van der Waals surface area (Å²) < 4.78 is 26.4. The summed E-state index contributed by atoms with van der Waals surface area (Å²) in [5.74, 6) is 1.08. The number of hydrogen-bond donors (Lipinski definition) is 2. The van der Waals surface area contributed by atoms with Crippen molar-refractivity contribution >= 4 is 33.4 Å². The van der Waals surface area contributed by atoms with Crippen molar-refractivity contribution in [3.05, 3.63) is 27.6 Å². The zero-order valence-electron chi connectivity index (χ0n) is 9.48. The second-order valence-corrected chi connectivity index (χ2v) is 7.58. The molecule has 1 aromatic rings. The lowest BCUT2D eigenvalue weighted by atomic mass is 10.2. The Kier molecular flexibility index (Phi) is 4.37. The topological polar surface area (TPSA) is 79.0 Å². The van der Waals surface area contributed by atoms with Crippen LogP contribution < -0.4 is 10.3 Å². The third-order valence-corrected chi connectivity index (χ3v) is 5.75. The molecular weight excluding hydrogens is 296 g/mol. The Hall–Kier alpha value is -0.500. The number of halogens is 1. The predicted molar refractivity (Wildman–Crippen MR) is 72.7 cm³/mol. The molecule has 0 aliphatic carbocycles. The summed E-state index contributed by atoms with van der Waals surface area (Å²) in [5, 5.41) is 0.200. The fraction of sp³-hybridized carbons (Fsp3) is 0.500. The molecule has 1 fully saturated rings. The third kappa shape index (κ3) is 3.28. The summed E-state index contributed by atoms with van der Waals surface area (Å²) in [5.41, 5.74) is -0.498. The van der Waals surface area contributed by atoms with E-state index in [0.717, 1.165) is 30.9 Å². The maximum atomic E-state index is 12.0. The zero-order chi connectivity index (χ0) is 13.2. The van der Waals surface area contributed by atoms with Crippen LogP contribution in [0.5, 0.6) is 0 Å². The zero-order valence-corrected chi connectivity index (χ0v) is 11.9. The van der Waals surface area contributed by atoms with E-state index in [1.54, 1.807) is 11.8 Å². The van der Waals surface area contributed by atoms with Gasteiger partial charge in [0.15, 0.2) is 0 Å². The molecule has 1 atom stereocenters. The average molecular weight is 309 g/mol. The molecule has 5 nitrogen and oxygen atoms in total. The highest BCUT2D eigenvalue weighted by atomic mass is 35.5. The van der Waals surface area contributed by atoms with Crippen molar-refractivity contribution in [1.82, 2.24) is 9.71 Å². The summed E-state index contributed by atoms with van der Waals surface area (Å²) in [6, 6.07) is 1.16. The van der Waals surface area contributed by atoms with Gasteiger partial charge in [0.05, 0.1) is 4.90 Å². The standard InChI is InChI=1S/C10H13ClN2O3S2/c11-9-4-8(6-12-10(9)14)18(15,16)13-5-7-2-1-3-17-7/h4,6-7,13H,1-3,5H2,(H,12,14). The van der Waals surface area contributed by atoms with Crippen LogP contribution in [0, 0.1) is 0 Å². The molecule has 1 aromatic heterocycles. The average Bonchev–Trinajstić information content (AvgIpc) is 2.83. The normalized spacial score (nSPS) is 20.2. The first kappa shape index (κ1) is 13.9. The molecule has 18 heavy (non-hydrogen) atoms. The van der Waals surface area contributed by atoms with Gasteiger partial charge < -0.3 is 4.98 Å². The maximum absolute atomic E-state index is 12.0. The van der Waals surface area contributed by atoms with Crippen molar-refractivity contribution in [3.8, 4) is 0 Å². The molecule has 0 radical (unpaired) electrons. The van der Waals surface area contributed by atoms with Gasteiger partial charge in [0.1, 0.15) is 5.02 Å². The quantitative estimate of drug-likeness (QED) is 0.876. The summed E-state index contributed by atoms with van der Waals surface area (Å²) in [6.45, 7) is 0.406. The second kappa shape index (κ2) is 5.64. The highest BCUT2D eigenvalue weighted by Gasteiger charge is 2.20. The van der Waals surface area contributed by atoms with Gasteiger partial charge in [0.2, 0.25) is 10.0 Å². The molecule has 2 N–H and O–H groups in total. The van der Waals surface area contributed by atoms with E-state index < -0.39 is 15.6 Å². The first-order chi connectivity index (χ1) is 8.49. The molecule has 0 aromatic carbocycles. The maximum Gasteiger partial charge on any atom is 0.266 e. The van der Waals surface area contributed by atoms with Crippen LogP contribution in [0.15, 0.2) is 22.0 Å². The Morgan fingerprint density at radius 1 is 1.56 bits per heavy atom. The Bertz CT molecular complexity index is 579. The molecule has 1 aliphatic heterocycles. The summed E-state index contributed by atoms with van der Waals surface area (Å²) in [6.07, 6.45) is 3.31. The lowest BCUT2D eigenvalue weighted by Gasteiger charge is -2.10. The molecule has 1 unspecified atom stereocenters. The van der Waals surface area contributed by atoms with E-state index in [1.807, 2.05) is 0 Å². The lowest BCUT2D eigenvalue weighted by Crippen LogP contribution is -2.30. The molecule has 0 saturated carbocycles. The molecule has 0 amide bonds.